The van der Waals surface area contributed by atoms with E-state index >= 15 is 0 Å². The van der Waals surface area contributed by atoms with E-state index in [4.69, 9.17) is 10.5 Å². The number of halogens is 1. The first kappa shape index (κ1) is 16.9. The average Bonchev–Trinajstić information content (AvgIpc) is 2.97. The van der Waals surface area contributed by atoms with E-state index < -0.39 is 6.10 Å². The molecule has 120 valence electrons. The van der Waals surface area contributed by atoms with E-state index in [1.807, 2.05) is 25.1 Å². The number of benzene rings is 1. The number of carbonyl (C=O) groups is 2. The Morgan fingerprint density at radius 2 is 2.18 bits per heavy atom. The zero-order chi connectivity index (χ0) is 16.1. The van der Waals surface area contributed by atoms with Gasteiger partial charge < -0.3 is 21.1 Å². The molecule has 1 aromatic rings. The standard InChI is InChI=1S/C15H20BrN3O3/c1-9-2-3-10(16)6-12(9)19-14(20)8-18-15(21)13-5-4-11(7-17)22-13/h2-3,6,11,13H,4-5,7-8,17H2,1H3,(H,18,21)(H,19,20)/t11-,13+/m1/s1. The summed E-state index contributed by atoms with van der Waals surface area (Å²) < 4.78 is 6.36. The van der Waals surface area contributed by atoms with Gasteiger partial charge in [-0.05, 0) is 37.5 Å². The molecular formula is C15H20BrN3O3. The maximum Gasteiger partial charge on any atom is 0.249 e. The number of anilines is 1. The van der Waals surface area contributed by atoms with Gasteiger partial charge in [-0.15, -0.1) is 0 Å². The summed E-state index contributed by atoms with van der Waals surface area (Å²) in [6, 6.07) is 5.62. The molecule has 0 radical (unpaired) electrons. The molecule has 1 heterocycles. The van der Waals surface area contributed by atoms with Crippen LogP contribution in [-0.2, 0) is 14.3 Å². The first-order valence-corrected chi connectivity index (χ1v) is 7.98. The number of aryl methyl sites for hydroxylation is 1. The van der Waals surface area contributed by atoms with Crippen LogP contribution >= 0.6 is 15.9 Å². The minimum Gasteiger partial charge on any atom is -0.364 e. The third kappa shape index (κ3) is 4.53. The Bertz CT molecular complexity index is 565. The highest BCUT2D eigenvalue weighted by Gasteiger charge is 2.29. The molecule has 0 aromatic heterocycles. The fourth-order valence-electron chi connectivity index (χ4n) is 2.28. The van der Waals surface area contributed by atoms with Crippen LogP contribution in [0.15, 0.2) is 22.7 Å². The molecule has 6 nitrogen and oxygen atoms in total. The van der Waals surface area contributed by atoms with E-state index in [1.165, 1.54) is 0 Å². The molecule has 4 N–H and O–H groups in total. The number of carbonyl (C=O) groups excluding carboxylic acids is 2. The maximum atomic E-state index is 11.9. The molecule has 7 heteroatoms. The molecule has 0 aliphatic carbocycles. The van der Waals surface area contributed by atoms with Crippen molar-refractivity contribution < 1.29 is 14.3 Å². The molecule has 22 heavy (non-hydrogen) atoms. The lowest BCUT2D eigenvalue weighted by molar-refractivity contribution is -0.133. The first-order valence-electron chi connectivity index (χ1n) is 7.19. The Balaban J connectivity index is 1.80. The number of hydrogen-bond acceptors (Lipinski definition) is 4. The lowest BCUT2D eigenvalue weighted by Gasteiger charge is -2.13. The Hall–Kier alpha value is -1.44. The molecule has 0 bridgehead atoms. The molecule has 2 amide bonds. The highest BCUT2D eigenvalue weighted by molar-refractivity contribution is 9.10. The fraction of sp³-hybridized carbons (Fsp3) is 0.467. The molecule has 0 spiro atoms. The van der Waals surface area contributed by atoms with E-state index in [2.05, 4.69) is 26.6 Å². The van der Waals surface area contributed by atoms with Crippen LogP contribution in [-0.4, -0.2) is 37.1 Å². The van der Waals surface area contributed by atoms with Crippen molar-refractivity contribution in [3.8, 4) is 0 Å². The van der Waals surface area contributed by atoms with Crippen molar-refractivity contribution in [3.05, 3.63) is 28.2 Å². The lowest BCUT2D eigenvalue weighted by atomic mass is 10.2. The van der Waals surface area contributed by atoms with Crippen LogP contribution < -0.4 is 16.4 Å². The van der Waals surface area contributed by atoms with Crippen LogP contribution in [0, 0.1) is 6.92 Å². The second-order valence-corrected chi connectivity index (χ2v) is 6.20. The molecule has 1 saturated heterocycles. The molecule has 0 unspecified atom stereocenters. The molecule has 0 saturated carbocycles. The number of nitrogens with two attached hydrogens (primary N) is 1. The van der Waals surface area contributed by atoms with E-state index in [9.17, 15) is 9.59 Å². The SMILES string of the molecule is Cc1ccc(Br)cc1NC(=O)CNC(=O)[C@@H]1CC[C@H](CN)O1. The minimum atomic E-state index is -0.506. The average molecular weight is 370 g/mol. The van der Waals surface area contributed by atoms with Gasteiger partial charge in [-0.1, -0.05) is 22.0 Å². The number of ether oxygens (including phenoxy) is 1. The quantitative estimate of drug-likeness (QED) is 0.729. The number of rotatable bonds is 5. The Morgan fingerprint density at radius 3 is 2.86 bits per heavy atom. The van der Waals surface area contributed by atoms with Crippen LogP contribution in [0.5, 0.6) is 0 Å². The molecule has 1 aromatic carbocycles. The van der Waals surface area contributed by atoms with Gasteiger partial charge in [-0.3, -0.25) is 9.59 Å². The van der Waals surface area contributed by atoms with E-state index in [-0.39, 0.29) is 24.5 Å². The van der Waals surface area contributed by atoms with E-state index in [0.29, 0.717) is 18.7 Å². The predicted octanol–water partition coefficient (Wildman–Crippen LogP) is 1.32. The number of nitrogens with one attached hydrogen (secondary N) is 2. The molecule has 2 atom stereocenters. The van der Waals surface area contributed by atoms with Gasteiger partial charge in [0.1, 0.15) is 6.10 Å². The van der Waals surface area contributed by atoms with Gasteiger partial charge >= 0.3 is 0 Å². The van der Waals surface area contributed by atoms with Crippen molar-refractivity contribution in [3.63, 3.8) is 0 Å². The summed E-state index contributed by atoms with van der Waals surface area (Å²) in [5.74, 6) is -0.542. The largest absolute Gasteiger partial charge is 0.364 e. The second-order valence-electron chi connectivity index (χ2n) is 5.29. The van der Waals surface area contributed by atoms with Crippen molar-refractivity contribution >= 4 is 33.4 Å². The van der Waals surface area contributed by atoms with Gasteiger partial charge in [0.15, 0.2) is 0 Å². The summed E-state index contributed by atoms with van der Waals surface area (Å²) in [5.41, 5.74) is 7.17. The Kier molecular flexibility index (Phi) is 5.93. The second kappa shape index (κ2) is 7.71. The Labute approximate surface area is 137 Å². The van der Waals surface area contributed by atoms with Crippen LogP contribution in [0.25, 0.3) is 0 Å². The third-order valence-electron chi connectivity index (χ3n) is 3.56. The monoisotopic (exact) mass is 369 g/mol. The highest BCUT2D eigenvalue weighted by atomic mass is 79.9. The smallest absolute Gasteiger partial charge is 0.249 e. The van der Waals surface area contributed by atoms with Crippen molar-refractivity contribution in [2.24, 2.45) is 5.73 Å². The zero-order valence-electron chi connectivity index (χ0n) is 12.4. The van der Waals surface area contributed by atoms with Crippen LogP contribution in [0.2, 0.25) is 0 Å². The minimum absolute atomic E-state index is 0.0612. The van der Waals surface area contributed by atoms with Gasteiger partial charge in [-0.2, -0.15) is 0 Å². The molecular weight excluding hydrogens is 350 g/mol. The summed E-state index contributed by atoms with van der Waals surface area (Å²) in [6.45, 7) is 2.23. The zero-order valence-corrected chi connectivity index (χ0v) is 14.0. The Morgan fingerprint density at radius 1 is 1.41 bits per heavy atom. The van der Waals surface area contributed by atoms with Crippen molar-refractivity contribution in [2.45, 2.75) is 32.0 Å². The lowest BCUT2D eigenvalue weighted by Crippen LogP contribution is -2.39. The normalized spacial score (nSPS) is 20.7. The third-order valence-corrected chi connectivity index (χ3v) is 4.05. The summed E-state index contributed by atoms with van der Waals surface area (Å²) >= 11 is 3.36. The van der Waals surface area contributed by atoms with Crippen molar-refractivity contribution in [2.75, 3.05) is 18.4 Å². The van der Waals surface area contributed by atoms with Gasteiger partial charge in [-0.25, -0.2) is 0 Å². The van der Waals surface area contributed by atoms with Crippen LogP contribution in [0.1, 0.15) is 18.4 Å². The van der Waals surface area contributed by atoms with E-state index in [0.717, 1.165) is 16.5 Å². The topological polar surface area (TPSA) is 93.5 Å². The number of hydrogen-bond donors (Lipinski definition) is 3. The highest BCUT2D eigenvalue weighted by Crippen LogP contribution is 2.21. The molecule has 1 aliphatic rings. The van der Waals surface area contributed by atoms with Gasteiger partial charge in [0.05, 0.1) is 12.6 Å². The molecule has 2 rings (SSSR count). The summed E-state index contributed by atoms with van der Waals surface area (Å²) in [7, 11) is 0. The van der Waals surface area contributed by atoms with Crippen molar-refractivity contribution in [1.29, 1.82) is 0 Å². The molecule has 1 aliphatic heterocycles. The van der Waals surface area contributed by atoms with E-state index in [1.54, 1.807) is 0 Å². The van der Waals surface area contributed by atoms with Crippen molar-refractivity contribution in [1.82, 2.24) is 5.32 Å². The number of amides is 2. The van der Waals surface area contributed by atoms with Crippen LogP contribution in [0.3, 0.4) is 0 Å². The first-order chi connectivity index (χ1) is 10.5. The van der Waals surface area contributed by atoms with Gasteiger partial charge in [0, 0.05) is 16.7 Å². The summed E-state index contributed by atoms with van der Waals surface area (Å²) in [5, 5.41) is 5.37. The fourth-order valence-corrected chi connectivity index (χ4v) is 2.64. The van der Waals surface area contributed by atoms with Gasteiger partial charge in [0.2, 0.25) is 11.8 Å². The predicted molar refractivity (Wildman–Crippen MR) is 87.5 cm³/mol. The maximum absolute atomic E-state index is 11.9. The van der Waals surface area contributed by atoms with Crippen LogP contribution in [0.4, 0.5) is 5.69 Å². The van der Waals surface area contributed by atoms with Gasteiger partial charge in [0.25, 0.3) is 0 Å². The molecule has 1 fully saturated rings. The summed E-state index contributed by atoms with van der Waals surface area (Å²) in [6.07, 6.45) is 0.848. The summed E-state index contributed by atoms with van der Waals surface area (Å²) in [4.78, 5) is 23.8.